The van der Waals surface area contributed by atoms with Crippen LogP contribution in [0.15, 0.2) is 0 Å². The van der Waals surface area contributed by atoms with Crippen molar-refractivity contribution in [1.82, 2.24) is 4.90 Å². The summed E-state index contributed by atoms with van der Waals surface area (Å²) in [6.07, 6.45) is 2.66. The van der Waals surface area contributed by atoms with Crippen molar-refractivity contribution < 1.29 is 9.90 Å². The smallest absolute Gasteiger partial charge is 0.223 e. The van der Waals surface area contributed by atoms with E-state index in [-0.39, 0.29) is 24.0 Å². The number of aliphatic hydroxyl groups is 1. The van der Waals surface area contributed by atoms with Gasteiger partial charge in [0.2, 0.25) is 5.91 Å². The lowest BCUT2D eigenvalue weighted by Crippen LogP contribution is -2.45. The van der Waals surface area contributed by atoms with Crippen molar-refractivity contribution in [3.63, 3.8) is 0 Å². The van der Waals surface area contributed by atoms with Crippen LogP contribution in [0.3, 0.4) is 0 Å². The van der Waals surface area contributed by atoms with Crippen LogP contribution in [-0.4, -0.2) is 34.6 Å². The maximum atomic E-state index is 11.7. The molecule has 0 saturated carbocycles. The van der Waals surface area contributed by atoms with Crippen LogP contribution in [0, 0.1) is 5.92 Å². The fourth-order valence-corrected chi connectivity index (χ4v) is 2.13. The summed E-state index contributed by atoms with van der Waals surface area (Å²) in [5, 5.41) is 9.18. The summed E-state index contributed by atoms with van der Waals surface area (Å²) in [6, 6.07) is 0. The molecule has 1 fully saturated rings. The SMILES string of the molecule is CCCCN1C(=O)CC(CO)C1(C)C. The van der Waals surface area contributed by atoms with E-state index < -0.39 is 0 Å². The Morgan fingerprint density at radius 2 is 2.21 bits per heavy atom. The van der Waals surface area contributed by atoms with E-state index in [0.29, 0.717) is 6.42 Å². The first-order valence-corrected chi connectivity index (χ1v) is 5.45. The third kappa shape index (κ3) is 1.92. The molecule has 3 heteroatoms. The molecule has 3 nitrogen and oxygen atoms in total. The van der Waals surface area contributed by atoms with Crippen LogP contribution < -0.4 is 0 Å². The summed E-state index contributed by atoms with van der Waals surface area (Å²) >= 11 is 0. The molecule has 0 spiro atoms. The first kappa shape index (κ1) is 11.5. The average Bonchev–Trinajstić information content (AvgIpc) is 2.34. The molecule has 0 bridgehead atoms. The Morgan fingerprint density at radius 3 is 2.64 bits per heavy atom. The van der Waals surface area contributed by atoms with Gasteiger partial charge in [-0.1, -0.05) is 13.3 Å². The van der Waals surface area contributed by atoms with Crippen molar-refractivity contribution >= 4 is 5.91 Å². The van der Waals surface area contributed by atoms with Crippen LogP contribution in [-0.2, 0) is 4.79 Å². The summed E-state index contributed by atoms with van der Waals surface area (Å²) < 4.78 is 0. The summed E-state index contributed by atoms with van der Waals surface area (Å²) in [6.45, 7) is 7.17. The van der Waals surface area contributed by atoms with Gasteiger partial charge in [-0.2, -0.15) is 0 Å². The van der Waals surface area contributed by atoms with E-state index in [4.69, 9.17) is 0 Å². The van der Waals surface area contributed by atoms with Gasteiger partial charge < -0.3 is 10.0 Å². The van der Waals surface area contributed by atoms with Gasteiger partial charge in [-0.15, -0.1) is 0 Å². The molecule has 82 valence electrons. The first-order valence-electron chi connectivity index (χ1n) is 5.45. The second-order valence-electron chi connectivity index (χ2n) is 4.64. The van der Waals surface area contributed by atoms with Crippen LogP contribution in [0.2, 0.25) is 0 Å². The zero-order chi connectivity index (χ0) is 10.8. The minimum Gasteiger partial charge on any atom is -0.396 e. The van der Waals surface area contributed by atoms with Crippen molar-refractivity contribution in [1.29, 1.82) is 0 Å². The Bertz CT molecular complexity index is 213. The average molecular weight is 199 g/mol. The molecule has 0 aromatic carbocycles. The number of amides is 1. The molecule has 1 rings (SSSR count). The Kier molecular flexibility index (Phi) is 3.53. The van der Waals surface area contributed by atoms with Gasteiger partial charge in [-0.05, 0) is 20.3 Å². The minimum absolute atomic E-state index is 0.104. The number of nitrogens with zero attached hydrogens (tertiary/aromatic N) is 1. The maximum Gasteiger partial charge on any atom is 0.223 e. The quantitative estimate of drug-likeness (QED) is 0.743. The lowest BCUT2D eigenvalue weighted by Gasteiger charge is -2.35. The number of aliphatic hydroxyl groups excluding tert-OH is 1. The number of hydrogen-bond acceptors (Lipinski definition) is 2. The van der Waals surface area contributed by atoms with Gasteiger partial charge in [-0.3, -0.25) is 4.79 Å². The highest BCUT2D eigenvalue weighted by Gasteiger charge is 2.44. The second kappa shape index (κ2) is 4.30. The summed E-state index contributed by atoms with van der Waals surface area (Å²) in [5.74, 6) is 0.300. The molecule has 0 aromatic heterocycles. The van der Waals surface area contributed by atoms with E-state index in [1.807, 2.05) is 4.90 Å². The summed E-state index contributed by atoms with van der Waals surface area (Å²) in [5.41, 5.74) is -0.166. The minimum atomic E-state index is -0.166. The molecule has 1 amide bonds. The third-order valence-corrected chi connectivity index (χ3v) is 3.37. The Labute approximate surface area is 86.1 Å². The van der Waals surface area contributed by atoms with Gasteiger partial charge in [-0.25, -0.2) is 0 Å². The lowest BCUT2D eigenvalue weighted by atomic mass is 9.89. The number of unbranched alkanes of at least 4 members (excludes halogenated alkanes) is 1. The van der Waals surface area contributed by atoms with Crippen molar-refractivity contribution in [2.75, 3.05) is 13.2 Å². The van der Waals surface area contributed by atoms with Gasteiger partial charge in [0.25, 0.3) is 0 Å². The maximum absolute atomic E-state index is 11.7. The number of carbonyl (C=O) groups is 1. The standard InChI is InChI=1S/C11H21NO2/c1-4-5-6-12-10(14)7-9(8-13)11(12,2)3/h9,13H,4-8H2,1-3H3. The molecule has 1 saturated heterocycles. The van der Waals surface area contributed by atoms with Crippen LogP contribution >= 0.6 is 0 Å². The van der Waals surface area contributed by atoms with E-state index in [2.05, 4.69) is 20.8 Å². The van der Waals surface area contributed by atoms with Gasteiger partial charge in [0.1, 0.15) is 0 Å². The highest BCUT2D eigenvalue weighted by molar-refractivity contribution is 5.80. The number of carbonyl (C=O) groups excluding carboxylic acids is 1. The summed E-state index contributed by atoms with van der Waals surface area (Å²) in [7, 11) is 0. The van der Waals surface area contributed by atoms with Gasteiger partial charge in [0.05, 0.1) is 0 Å². The largest absolute Gasteiger partial charge is 0.396 e. The Hall–Kier alpha value is -0.570. The van der Waals surface area contributed by atoms with Gasteiger partial charge in [0.15, 0.2) is 0 Å². The third-order valence-electron chi connectivity index (χ3n) is 3.37. The first-order chi connectivity index (χ1) is 6.54. The molecule has 0 radical (unpaired) electrons. The fourth-order valence-electron chi connectivity index (χ4n) is 2.13. The van der Waals surface area contributed by atoms with Crippen LogP contribution in [0.1, 0.15) is 40.0 Å². The molecule has 1 heterocycles. The normalized spacial score (nSPS) is 25.9. The van der Waals surface area contributed by atoms with Crippen LogP contribution in [0.4, 0.5) is 0 Å². The van der Waals surface area contributed by atoms with Crippen molar-refractivity contribution in [3.05, 3.63) is 0 Å². The van der Waals surface area contributed by atoms with Crippen molar-refractivity contribution in [2.45, 2.75) is 45.6 Å². The monoisotopic (exact) mass is 199 g/mol. The molecule has 14 heavy (non-hydrogen) atoms. The molecule has 1 aliphatic rings. The Balaban J connectivity index is 2.68. The van der Waals surface area contributed by atoms with Crippen molar-refractivity contribution in [2.24, 2.45) is 5.92 Å². The van der Waals surface area contributed by atoms with Gasteiger partial charge >= 0.3 is 0 Å². The Morgan fingerprint density at radius 1 is 1.57 bits per heavy atom. The highest BCUT2D eigenvalue weighted by atomic mass is 16.3. The second-order valence-corrected chi connectivity index (χ2v) is 4.64. The van der Waals surface area contributed by atoms with Crippen LogP contribution in [0.5, 0.6) is 0 Å². The molecular weight excluding hydrogens is 178 g/mol. The zero-order valence-electron chi connectivity index (χ0n) is 9.42. The predicted octanol–water partition coefficient (Wildman–Crippen LogP) is 1.41. The van der Waals surface area contributed by atoms with E-state index in [9.17, 15) is 9.90 Å². The van der Waals surface area contributed by atoms with E-state index in [1.54, 1.807) is 0 Å². The van der Waals surface area contributed by atoms with Gasteiger partial charge in [0, 0.05) is 31.0 Å². The molecule has 1 N–H and O–H groups in total. The number of likely N-dealkylation sites (tertiary alicyclic amines) is 1. The number of rotatable bonds is 4. The fraction of sp³-hybridized carbons (Fsp3) is 0.909. The summed E-state index contributed by atoms with van der Waals surface area (Å²) in [4.78, 5) is 13.6. The topological polar surface area (TPSA) is 40.5 Å². The molecular formula is C11H21NO2. The highest BCUT2D eigenvalue weighted by Crippen LogP contribution is 2.35. The van der Waals surface area contributed by atoms with Crippen molar-refractivity contribution in [3.8, 4) is 0 Å². The van der Waals surface area contributed by atoms with Crippen LogP contribution in [0.25, 0.3) is 0 Å². The zero-order valence-corrected chi connectivity index (χ0v) is 9.42. The molecule has 0 aliphatic carbocycles. The molecule has 0 aromatic rings. The lowest BCUT2D eigenvalue weighted by molar-refractivity contribution is -0.130. The number of hydrogen-bond donors (Lipinski definition) is 1. The van der Waals surface area contributed by atoms with E-state index in [0.717, 1.165) is 19.4 Å². The molecule has 1 atom stereocenters. The van der Waals surface area contributed by atoms with E-state index in [1.165, 1.54) is 0 Å². The van der Waals surface area contributed by atoms with E-state index >= 15 is 0 Å². The molecule has 1 aliphatic heterocycles. The molecule has 1 unspecified atom stereocenters. The predicted molar refractivity (Wildman–Crippen MR) is 55.9 cm³/mol.